The van der Waals surface area contributed by atoms with E-state index in [4.69, 9.17) is 0 Å². The summed E-state index contributed by atoms with van der Waals surface area (Å²) >= 11 is 1.72. The summed E-state index contributed by atoms with van der Waals surface area (Å²) in [5, 5.41) is 4.80. The first-order valence-corrected chi connectivity index (χ1v) is 9.55. The van der Waals surface area contributed by atoms with E-state index in [1.165, 1.54) is 22.6 Å². The summed E-state index contributed by atoms with van der Waals surface area (Å²) in [5.41, 5.74) is 0.745. The number of alkyl halides is 3. The van der Waals surface area contributed by atoms with Gasteiger partial charge in [-0.25, -0.2) is 4.79 Å². The highest BCUT2D eigenvalue weighted by atomic mass is 32.1. The predicted octanol–water partition coefficient (Wildman–Crippen LogP) is 4.84. The van der Waals surface area contributed by atoms with Gasteiger partial charge in [0.05, 0.1) is 18.2 Å². The Labute approximate surface area is 160 Å². The predicted molar refractivity (Wildman–Crippen MR) is 99.5 cm³/mol. The number of nitrogens with zero attached hydrogens (tertiary/aromatic N) is 1. The van der Waals surface area contributed by atoms with Crippen molar-refractivity contribution >= 4 is 17.4 Å². The molecule has 3 rings (SSSR count). The number of benzene rings is 1. The summed E-state index contributed by atoms with van der Waals surface area (Å²) < 4.78 is 38.1. The number of halogens is 3. The number of carbonyl (C=O) groups is 1. The van der Waals surface area contributed by atoms with E-state index in [9.17, 15) is 18.0 Å². The van der Waals surface area contributed by atoms with Gasteiger partial charge in [-0.2, -0.15) is 13.2 Å². The van der Waals surface area contributed by atoms with Gasteiger partial charge in [0.1, 0.15) is 0 Å². The number of thiophene rings is 1. The minimum absolute atomic E-state index is 0.0522. The first-order chi connectivity index (χ1) is 12.9. The van der Waals surface area contributed by atoms with Crippen molar-refractivity contribution in [2.75, 3.05) is 13.1 Å². The second-order valence-corrected chi connectivity index (χ2v) is 7.21. The van der Waals surface area contributed by atoms with Crippen LogP contribution in [0.5, 0.6) is 0 Å². The molecule has 3 nitrogen and oxygen atoms in total. The molecule has 0 fully saturated rings. The molecule has 1 aromatic heterocycles. The largest absolute Gasteiger partial charge is 0.416 e. The number of hydrogen-bond acceptors (Lipinski definition) is 2. The molecule has 0 saturated carbocycles. The SMILES string of the molecule is CCC1c2ccsc2CCN1C(=O)NCC#Cc1cccc(C(F)(F)F)c1. The van der Waals surface area contributed by atoms with E-state index in [0.29, 0.717) is 6.54 Å². The number of rotatable bonds is 2. The molecule has 0 spiro atoms. The van der Waals surface area contributed by atoms with E-state index >= 15 is 0 Å². The molecule has 1 aliphatic rings. The fraction of sp³-hybridized carbons (Fsp3) is 0.350. The number of urea groups is 1. The molecule has 2 heterocycles. The van der Waals surface area contributed by atoms with Gasteiger partial charge in [0.15, 0.2) is 0 Å². The second kappa shape index (κ2) is 8.05. The molecule has 142 valence electrons. The van der Waals surface area contributed by atoms with Crippen LogP contribution in [0.1, 0.15) is 41.0 Å². The zero-order chi connectivity index (χ0) is 19.4. The first-order valence-electron chi connectivity index (χ1n) is 8.67. The smallest absolute Gasteiger partial charge is 0.327 e. The lowest BCUT2D eigenvalue weighted by Gasteiger charge is -2.35. The lowest BCUT2D eigenvalue weighted by atomic mass is 9.98. The topological polar surface area (TPSA) is 32.3 Å². The number of carbonyl (C=O) groups excluding carboxylic acids is 1. The Morgan fingerprint density at radius 2 is 2.19 bits per heavy atom. The third-order valence-electron chi connectivity index (χ3n) is 4.49. The lowest BCUT2D eigenvalue weighted by Crippen LogP contribution is -2.45. The third kappa shape index (κ3) is 4.45. The van der Waals surface area contributed by atoms with Gasteiger partial charge >= 0.3 is 12.2 Å². The molecule has 2 aromatic rings. The highest BCUT2D eigenvalue weighted by Crippen LogP contribution is 2.35. The van der Waals surface area contributed by atoms with Crippen LogP contribution in [0.15, 0.2) is 35.7 Å². The molecule has 7 heteroatoms. The molecule has 0 bridgehead atoms. The molecule has 2 amide bonds. The Bertz CT molecular complexity index is 879. The fourth-order valence-electron chi connectivity index (χ4n) is 3.22. The van der Waals surface area contributed by atoms with Crippen LogP contribution < -0.4 is 5.32 Å². The Morgan fingerprint density at radius 3 is 2.93 bits per heavy atom. The van der Waals surface area contributed by atoms with Gasteiger partial charge in [-0.3, -0.25) is 0 Å². The zero-order valence-corrected chi connectivity index (χ0v) is 15.6. The van der Waals surface area contributed by atoms with Crippen molar-refractivity contribution in [3.05, 3.63) is 57.3 Å². The summed E-state index contributed by atoms with van der Waals surface area (Å²) in [6.45, 7) is 2.78. The maximum atomic E-state index is 12.7. The molecule has 1 N–H and O–H groups in total. The summed E-state index contributed by atoms with van der Waals surface area (Å²) in [7, 11) is 0. The monoisotopic (exact) mass is 392 g/mol. The van der Waals surface area contributed by atoms with Gasteiger partial charge in [-0.1, -0.05) is 24.8 Å². The first kappa shape index (κ1) is 19.3. The van der Waals surface area contributed by atoms with Crippen molar-refractivity contribution < 1.29 is 18.0 Å². The number of amides is 2. The Kier molecular flexibility index (Phi) is 5.76. The van der Waals surface area contributed by atoms with E-state index in [2.05, 4.69) is 28.6 Å². The highest BCUT2D eigenvalue weighted by Gasteiger charge is 2.31. The zero-order valence-electron chi connectivity index (χ0n) is 14.8. The Balaban J connectivity index is 1.60. The molecule has 1 atom stereocenters. The summed E-state index contributed by atoms with van der Waals surface area (Å²) in [6, 6.07) is 6.77. The van der Waals surface area contributed by atoms with Crippen LogP contribution in [-0.4, -0.2) is 24.0 Å². The number of hydrogen-bond donors (Lipinski definition) is 1. The van der Waals surface area contributed by atoms with Crippen molar-refractivity contribution in [1.29, 1.82) is 0 Å². The third-order valence-corrected chi connectivity index (χ3v) is 5.49. The van der Waals surface area contributed by atoms with Crippen molar-refractivity contribution in [3.63, 3.8) is 0 Å². The molecule has 1 aromatic carbocycles. The molecular weight excluding hydrogens is 373 g/mol. The van der Waals surface area contributed by atoms with Gasteiger partial charge in [0.2, 0.25) is 0 Å². The second-order valence-electron chi connectivity index (χ2n) is 6.21. The molecule has 1 unspecified atom stereocenters. The summed E-state index contributed by atoms with van der Waals surface area (Å²) in [4.78, 5) is 15.6. The minimum Gasteiger partial charge on any atom is -0.327 e. The lowest BCUT2D eigenvalue weighted by molar-refractivity contribution is -0.137. The van der Waals surface area contributed by atoms with Crippen molar-refractivity contribution in [3.8, 4) is 11.8 Å². The maximum Gasteiger partial charge on any atom is 0.416 e. The van der Waals surface area contributed by atoms with Crippen LogP contribution in [0.4, 0.5) is 18.0 Å². The number of nitrogens with one attached hydrogen (secondary N) is 1. The highest BCUT2D eigenvalue weighted by molar-refractivity contribution is 7.10. The van der Waals surface area contributed by atoms with Gasteiger partial charge in [0.25, 0.3) is 0 Å². The van der Waals surface area contributed by atoms with E-state index in [-0.39, 0.29) is 24.2 Å². The Morgan fingerprint density at radius 1 is 1.37 bits per heavy atom. The van der Waals surface area contributed by atoms with Crippen LogP contribution in [0.2, 0.25) is 0 Å². The Hall–Kier alpha value is -2.46. The van der Waals surface area contributed by atoms with Gasteiger partial charge in [0, 0.05) is 17.0 Å². The van der Waals surface area contributed by atoms with Crippen LogP contribution >= 0.6 is 11.3 Å². The average Bonchev–Trinajstić information content (AvgIpc) is 3.12. The van der Waals surface area contributed by atoms with Crippen molar-refractivity contribution in [2.24, 2.45) is 0 Å². The van der Waals surface area contributed by atoms with Gasteiger partial charge < -0.3 is 10.2 Å². The summed E-state index contributed by atoms with van der Waals surface area (Å²) in [5.74, 6) is 5.39. The maximum absolute atomic E-state index is 12.7. The van der Waals surface area contributed by atoms with E-state index in [1.54, 1.807) is 16.2 Å². The molecule has 27 heavy (non-hydrogen) atoms. The normalized spacial score (nSPS) is 16.3. The van der Waals surface area contributed by atoms with Crippen molar-refractivity contribution in [2.45, 2.75) is 32.0 Å². The van der Waals surface area contributed by atoms with Crippen LogP contribution in [0.25, 0.3) is 0 Å². The fourth-order valence-corrected chi connectivity index (χ4v) is 4.15. The van der Waals surface area contributed by atoms with E-state index in [0.717, 1.165) is 25.0 Å². The van der Waals surface area contributed by atoms with Crippen LogP contribution in [-0.2, 0) is 12.6 Å². The van der Waals surface area contributed by atoms with Gasteiger partial charge in [-0.05, 0) is 48.1 Å². The average molecular weight is 392 g/mol. The van der Waals surface area contributed by atoms with E-state index < -0.39 is 11.7 Å². The molecule has 0 aliphatic carbocycles. The quantitative estimate of drug-likeness (QED) is 0.729. The van der Waals surface area contributed by atoms with Crippen LogP contribution in [0.3, 0.4) is 0 Å². The minimum atomic E-state index is -4.39. The van der Waals surface area contributed by atoms with Crippen LogP contribution in [0, 0.1) is 11.8 Å². The van der Waals surface area contributed by atoms with E-state index in [1.807, 2.05) is 6.92 Å². The standard InChI is InChI=1S/C20H19F3N2OS/c1-2-17-16-9-12-27-18(16)8-11-25(17)19(26)24-10-4-6-14-5-3-7-15(13-14)20(21,22)23/h3,5,7,9,12-13,17H,2,8,10-11H2,1H3,(H,24,26). The molecular formula is C20H19F3N2OS. The van der Waals surface area contributed by atoms with Gasteiger partial charge in [-0.15, -0.1) is 11.3 Å². The molecule has 1 aliphatic heterocycles. The molecule has 0 radical (unpaired) electrons. The number of fused-ring (bicyclic) bond motifs is 1. The van der Waals surface area contributed by atoms with Crippen molar-refractivity contribution in [1.82, 2.24) is 10.2 Å². The molecule has 0 saturated heterocycles. The summed E-state index contributed by atoms with van der Waals surface area (Å²) in [6.07, 6.45) is -2.73.